The summed E-state index contributed by atoms with van der Waals surface area (Å²) < 4.78 is 0. The number of rotatable bonds is 6. The molecule has 0 fully saturated rings. The lowest BCUT2D eigenvalue weighted by Crippen LogP contribution is -2.44. The Morgan fingerprint density at radius 1 is 0.852 bits per heavy atom. The summed E-state index contributed by atoms with van der Waals surface area (Å²) >= 11 is 0.0278. The number of aliphatic hydroxyl groups is 2. The van der Waals surface area contributed by atoms with Crippen molar-refractivity contribution in [2.24, 2.45) is 5.41 Å². The van der Waals surface area contributed by atoms with Crippen molar-refractivity contribution in [1.82, 2.24) is 0 Å². The highest BCUT2D eigenvalue weighted by Gasteiger charge is 2.45. The van der Waals surface area contributed by atoms with Gasteiger partial charge in [0.25, 0.3) is 0 Å². The smallest absolute Gasteiger partial charge is 0.343 e. The van der Waals surface area contributed by atoms with Crippen LogP contribution in [0.25, 0.3) is 0 Å². The van der Waals surface area contributed by atoms with Gasteiger partial charge in [0.15, 0.2) is 0 Å². The van der Waals surface area contributed by atoms with Crippen LogP contribution in [0.4, 0.5) is 0 Å². The molecule has 6 N–H and O–H groups in total. The van der Waals surface area contributed by atoms with Gasteiger partial charge in [0.1, 0.15) is 5.75 Å². The molecule has 152 valence electrons. The van der Waals surface area contributed by atoms with Crippen molar-refractivity contribution in [3.8, 4) is 5.75 Å². The van der Waals surface area contributed by atoms with E-state index in [1.165, 1.54) is 12.1 Å². The first-order chi connectivity index (χ1) is 12.1. The molecule has 1 rings (SSSR count). The number of carboxylic acid groups (broad SMARTS) is 3. The average molecular weight is 404 g/mol. The van der Waals surface area contributed by atoms with Crippen LogP contribution in [0.1, 0.15) is 33.3 Å². The number of benzene rings is 1. The zero-order chi connectivity index (χ0) is 21.6. The Kier molecular flexibility index (Phi) is 8.77. The summed E-state index contributed by atoms with van der Waals surface area (Å²) in [7, 11) is 0. The molecule has 0 saturated carbocycles. The quantitative estimate of drug-likeness (QED) is 0.379. The Labute approximate surface area is 160 Å². The molecule has 0 bridgehead atoms. The van der Waals surface area contributed by atoms with Crippen LogP contribution in [0, 0.1) is 5.41 Å². The zero-order valence-electron chi connectivity index (χ0n) is 15.3. The zero-order valence-corrected chi connectivity index (χ0v) is 16.1. The molecule has 3 atom stereocenters. The summed E-state index contributed by atoms with van der Waals surface area (Å²) in [4.78, 5) is 31.3. The highest BCUT2D eigenvalue weighted by molar-refractivity contribution is 8.01. The van der Waals surface area contributed by atoms with E-state index in [1.807, 2.05) is 20.8 Å². The summed E-state index contributed by atoms with van der Waals surface area (Å²) in [5.74, 6) is -3.89. The molecule has 0 radical (unpaired) electrons. The van der Waals surface area contributed by atoms with Gasteiger partial charge < -0.3 is 30.6 Å². The maximum absolute atomic E-state index is 11.5. The minimum atomic E-state index is -1.92. The van der Waals surface area contributed by atoms with Crippen LogP contribution < -0.4 is 0 Å². The molecular formula is C17H24O9S. The van der Waals surface area contributed by atoms with E-state index in [1.54, 1.807) is 19.1 Å². The van der Waals surface area contributed by atoms with Crippen LogP contribution in [0.3, 0.4) is 0 Å². The molecule has 0 aliphatic carbocycles. The van der Waals surface area contributed by atoms with E-state index in [-0.39, 0.29) is 17.5 Å². The van der Waals surface area contributed by atoms with Crippen molar-refractivity contribution in [3.05, 3.63) is 29.8 Å². The SMILES string of the molecule is CC(C)(C)C(C)(C(=O)O)c1ccc(O)cc1.O=C(O)C(O)SC(O)C(=O)O. The lowest BCUT2D eigenvalue weighted by atomic mass is 9.64. The lowest BCUT2D eigenvalue weighted by Gasteiger charge is -2.38. The normalized spacial score (nSPS) is 15.5. The molecule has 0 aliphatic rings. The van der Waals surface area contributed by atoms with E-state index in [4.69, 9.17) is 20.4 Å². The first-order valence-electron chi connectivity index (χ1n) is 7.64. The molecule has 10 heteroatoms. The van der Waals surface area contributed by atoms with Gasteiger partial charge in [-0.1, -0.05) is 44.7 Å². The molecule has 27 heavy (non-hydrogen) atoms. The molecule has 9 nitrogen and oxygen atoms in total. The van der Waals surface area contributed by atoms with Crippen molar-refractivity contribution in [2.45, 2.75) is 44.0 Å². The number of carbonyl (C=O) groups is 3. The number of thioether (sulfide) groups is 1. The maximum atomic E-state index is 11.5. The first kappa shape index (κ1) is 24.7. The number of hydrogen-bond acceptors (Lipinski definition) is 7. The fourth-order valence-electron chi connectivity index (χ4n) is 1.91. The second-order valence-corrected chi connectivity index (χ2v) is 7.91. The lowest BCUT2D eigenvalue weighted by molar-refractivity contribution is -0.147. The van der Waals surface area contributed by atoms with Gasteiger partial charge in [-0.25, -0.2) is 9.59 Å². The van der Waals surface area contributed by atoms with Gasteiger partial charge in [0.2, 0.25) is 10.9 Å². The number of carboxylic acids is 3. The van der Waals surface area contributed by atoms with Gasteiger partial charge in [-0.05, 0) is 30.0 Å². The molecule has 0 amide bonds. The van der Waals surface area contributed by atoms with Crippen molar-refractivity contribution in [2.75, 3.05) is 0 Å². The van der Waals surface area contributed by atoms with Crippen molar-refractivity contribution in [3.63, 3.8) is 0 Å². The standard InChI is InChI=1S/C13H18O3.C4H6O6S/c1-12(2,3)13(4,11(15)16)9-5-7-10(14)8-6-9;5-1(6)3(9)11-4(10)2(7)8/h5-8,14H,1-4H3,(H,15,16);3-4,9-10H,(H,5,6)(H,7,8). The fourth-order valence-corrected chi connectivity index (χ4v) is 2.39. The van der Waals surface area contributed by atoms with Gasteiger partial charge in [-0.2, -0.15) is 0 Å². The van der Waals surface area contributed by atoms with Gasteiger partial charge >= 0.3 is 17.9 Å². The molecule has 0 heterocycles. The summed E-state index contributed by atoms with van der Waals surface area (Å²) in [6.07, 6.45) is 0. The second-order valence-electron chi connectivity index (χ2n) is 6.74. The molecule has 0 aromatic heterocycles. The van der Waals surface area contributed by atoms with E-state index in [0.717, 1.165) is 0 Å². The number of aromatic hydroxyl groups is 1. The highest BCUT2D eigenvalue weighted by atomic mass is 32.2. The van der Waals surface area contributed by atoms with Crippen LogP contribution >= 0.6 is 11.8 Å². The topological polar surface area (TPSA) is 173 Å². The molecule has 1 aromatic rings. The van der Waals surface area contributed by atoms with E-state index >= 15 is 0 Å². The summed E-state index contributed by atoms with van der Waals surface area (Å²) in [6.45, 7) is 7.40. The van der Waals surface area contributed by atoms with Crippen LogP contribution in [-0.4, -0.2) is 59.4 Å². The second kappa shape index (κ2) is 9.58. The Balaban J connectivity index is 0.000000541. The molecule has 1 aromatic carbocycles. The molecular weight excluding hydrogens is 380 g/mol. The number of aliphatic hydroxyl groups excluding tert-OH is 2. The number of phenolic OH excluding ortho intramolecular Hbond substituents is 1. The van der Waals surface area contributed by atoms with Gasteiger partial charge in [-0.3, -0.25) is 4.79 Å². The van der Waals surface area contributed by atoms with E-state index in [9.17, 15) is 24.6 Å². The van der Waals surface area contributed by atoms with Crippen LogP contribution in [-0.2, 0) is 19.8 Å². The largest absolute Gasteiger partial charge is 0.508 e. The molecule has 0 spiro atoms. The Morgan fingerprint density at radius 3 is 1.48 bits per heavy atom. The average Bonchev–Trinajstić information content (AvgIpc) is 2.53. The molecule has 3 unspecified atom stereocenters. The third-order valence-electron chi connectivity index (χ3n) is 4.05. The number of phenols is 1. The maximum Gasteiger partial charge on any atom is 0.343 e. The van der Waals surface area contributed by atoms with Crippen LogP contribution in [0.5, 0.6) is 5.75 Å². The summed E-state index contributed by atoms with van der Waals surface area (Å²) in [5, 5.41) is 51.7. The Morgan fingerprint density at radius 2 is 1.22 bits per heavy atom. The first-order valence-corrected chi connectivity index (χ1v) is 8.59. The van der Waals surface area contributed by atoms with Crippen LogP contribution in [0.15, 0.2) is 24.3 Å². The van der Waals surface area contributed by atoms with Gasteiger partial charge in [-0.15, -0.1) is 0 Å². The third-order valence-corrected chi connectivity index (χ3v) is 4.97. The predicted molar refractivity (Wildman–Crippen MR) is 97.4 cm³/mol. The monoisotopic (exact) mass is 404 g/mol. The minimum absolute atomic E-state index is 0.0278. The van der Waals surface area contributed by atoms with Crippen molar-refractivity contribution < 1.29 is 45.0 Å². The summed E-state index contributed by atoms with van der Waals surface area (Å²) in [6, 6.07) is 6.36. The molecule has 0 aliphatic heterocycles. The summed E-state index contributed by atoms with van der Waals surface area (Å²) in [5.41, 5.74) is -4.51. The number of aliphatic carboxylic acids is 3. The Bertz CT molecular complexity index is 648. The van der Waals surface area contributed by atoms with Crippen molar-refractivity contribution >= 4 is 29.7 Å². The minimum Gasteiger partial charge on any atom is -0.508 e. The highest BCUT2D eigenvalue weighted by Crippen LogP contribution is 2.41. The number of hydrogen-bond donors (Lipinski definition) is 6. The van der Waals surface area contributed by atoms with Crippen molar-refractivity contribution in [1.29, 1.82) is 0 Å². The van der Waals surface area contributed by atoms with E-state index < -0.39 is 39.6 Å². The van der Waals surface area contributed by atoms with Gasteiger partial charge in [0.05, 0.1) is 5.41 Å². The van der Waals surface area contributed by atoms with Crippen LogP contribution in [0.2, 0.25) is 0 Å². The van der Waals surface area contributed by atoms with E-state index in [0.29, 0.717) is 5.56 Å². The van der Waals surface area contributed by atoms with Gasteiger partial charge in [0, 0.05) is 0 Å². The predicted octanol–water partition coefficient (Wildman–Crippen LogP) is 1.31. The fraction of sp³-hybridized carbons (Fsp3) is 0.471. The molecule has 0 saturated heterocycles. The Hall–Kier alpha value is -2.30. The van der Waals surface area contributed by atoms with E-state index in [2.05, 4.69) is 0 Å². The third kappa shape index (κ3) is 6.74.